The molecule has 1 saturated heterocycles. The molecule has 3 nitrogen and oxygen atoms in total. The van der Waals surface area contributed by atoms with Gasteiger partial charge in [0.1, 0.15) is 5.69 Å². The Bertz CT molecular complexity index is 353. The second-order valence-electron chi connectivity index (χ2n) is 4.23. The minimum absolute atomic E-state index is 0.116. The Morgan fingerprint density at radius 3 is 2.62 bits per heavy atom. The van der Waals surface area contributed by atoms with Crippen LogP contribution in [0, 0.1) is 0 Å². The van der Waals surface area contributed by atoms with Gasteiger partial charge in [-0.05, 0) is 31.4 Å². The van der Waals surface area contributed by atoms with Crippen molar-refractivity contribution in [2.24, 2.45) is 0 Å². The molecule has 0 aromatic carbocycles. The Kier molecular flexibility index (Phi) is 3.54. The summed E-state index contributed by atoms with van der Waals surface area (Å²) in [6, 6.07) is 3.86. The summed E-state index contributed by atoms with van der Waals surface area (Å²) in [7, 11) is 0. The van der Waals surface area contributed by atoms with Gasteiger partial charge in [0.25, 0.3) is 0 Å². The molecule has 86 valence electrons. The van der Waals surface area contributed by atoms with E-state index in [-0.39, 0.29) is 5.78 Å². The highest BCUT2D eigenvalue weighted by Gasteiger charge is 2.11. The summed E-state index contributed by atoms with van der Waals surface area (Å²) in [5.74, 6) is 0.116. The number of rotatable bonds is 3. The molecule has 0 N–H and O–H groups in total. The largest absolute Gasteiger partial charge is 0.370 e. The molecule has 1 aliphatic heterocycles. The Hall–Kier alpha value is -1.38. The topological polar surface area (TPSA) is 33.2 Å². The molecular weight excluding hydrogens is 200 g/mol. The summed E-state index contributed by atoms with van der Waals surface area (Å²) in [4.78, 5) is 18.0. The fourth-order valence-electron chi connectivity index (χ4n) is 2.07. The fourth-order valence-corrected chi connectivity index (χ4v) is 2.07. The third kappa shape index (κ3) is 2.40. The summed E-state index contributed by atoms with van der Waals surface area (Å²) in [5.41, 5.74) is 1.73. The zero-order valence-corrected chi connectivity index (χ0v) is 9.78. The highest BCUT2D eigenvalue weighted by Crippen LogP contribution is 2.19. The number of anilines is 1. The van der Waals surface area contributed by atoms with E-state index in [0.29, 0.717) is 12.1 Å². The maximum absolute atomic E-state index is 11.4. The molecule has 0 amide bonds. The van der Waals surface area contributed by atoms with E-state index in [0.717, 1.165) is 18.8 Å². The van der Waals surface area contributed by atoms with Crippen molar-refractivity contribution in [3.8, 4) is 0 Å². The van der Waals surface area contributed by atoms with E-state index < -0.39 is 0 Å². The zero-order valence-electron chi connectivity index (χ0n) is 9.78. The van der Waals surface area contributed by atoms with Crippen LogP contribution in [0.15, 0.2) is 18.3 Å². The van der Waals surface area contributed by atoms with Crippen molar-refractivity contribution in [1.82, 2.24) is 4.98 Å². The van der Waals surface area contributed by atoms with Crippen molar-refractivity contribution in [1.29, 1.82) is 0 Å². The minimum Gasteiger partial charge on any atom is -0.370 e. The second-order valence-corrected chi connectivity index (χ2v) is 4.23. The maximum atomic E-state index is 11.4. The van der Waals surface area contributed by atoms with Crippen LogP contribution in [0.3, 0.4) is 0 Å². The summed E-state index contributed by atoms with van der Waals surface area (Å²) in [6.45, 7) is 4.09. The van der Waals surface area contributed by atoms with E-state index >= 15 is 0 Å². The smallest absolute Gasteiger partial charge is 0.180 e. The summed E-state index contributed by atoms with van der Waals surface area (Å²) in [5, 5.41) is 0. The molecule has 1 aliphatic rings. The number of carbonyl (C=O) groups is 1. The van der Waals surface area contributed by atoms with Gasteiger partial charge in [0.2, 0.25) is 0 Å². The molecular formula is C13H18N2O. The molecule has 1 fully saturated rings. The Labute approximate surface area is 96.5 Å². The van der Waals surface area contributed by atoms with E-state index in [9.17, 15) is 4.79 Å². The van der Waals surface area contributed by atoms with Gasteiger partial charge in [-0.15, -0.1) is 0 Å². The lowest BCUT2D eigenvalue weighted by molar-refractivity contribution is 0.0983. The molecule has 1 aromatic rings. The normalized spacial score (nSPS) is 16.2. The molecule has 1 aromatic heterocycles. The predicted molar refractivity (Wildman–Crippen MR) is 64.9 cm³/mol. The predicted octanol–water partition coefficient (Wildman–Crippen LogP) is 2.66. The first-order valence-electron chi connectivity index (χ1n) is 6.05. The molecule has 0 aliphatic carbocycles. The molecule has 2 heterocycles. The van der Waals surface area contributed by atoms with Crippen LogP contribution in [0.4, 0.5) is 5.69 Å². The molecule has 0 atom stereocenters. The number of hydrogen-bond donors (Lipinski definition) is 0. The van der Waals surface area contributed by atoms with E-state index in [1.807, 2.05) is 25.3 Å². The van der Waals surface area contributed by atoms with Crippen LogP contribution in [0.2, 0.25) is 0 Å². The van der Waals surface area contributed by atoms with Crippen molar-refractivity contribution < 1.29 is 4.79 Å². The van der Waals surface area contributed by atoms with Crippen LogP contribution < -0.4 is 4.90 Å². The van der Waals surface area contributed by atoms with Crippen LogP contribution in [-0.4, -0.2) is 23.9 Å². The first-order chi connectivity index (χ1) is 7.81. The van der Waals surface area contributed by atoms with Crippen molar-refractivity contribution in [2.45, 2.75) is 32.6 Å². The molecule has 3 heteroatoms. The lowest BCUT2D eigenvalue weighted by Gasteiger charge is -2.28. The van der Waals surface area contributed by atoms with Crippen molar-refractivity contribution in [2.75, 3.05) is 18.0 Å². The van der Waals surface area contributed by atoms with Crippen molar-refractivity contribution >= 4 is 11.5 Å². The van der Waals surface area contributed by atoms with Gasteiger partial charge in [-0.1, -0.05) is 6.92 Å². The van der Waals surface area contributed by atoms with Crippen LogP contribution >= 0.6 is 0 Å². The molecule has 0 radical (unpaired) electrons. The third-order valence-corrected chi connectivity index (χ3v) is 3.08. The molecule has 0 unspecified atom stereocenters. The van der Waals surface area contributed by atoms with Crippen molar-refractivity contribution in [3.63, 3.8) is 0 Å². The molecule has 2 rings (SSSR count). The Balaban J connectivity index is 2.09. The summed E-state index contributed by atoms with van der Waals surface area (Å²) < 4.78 is 0. The zero-order chi connectivity index (χ0) is 11.4. The van der Waals surface area contributed by atoms with Gasteiger partial charge in [0.05, 0.1) is 11.9 Å². The second kappa shape index (κ2) is 5.10. The summed E-state index contributed by atoms with van der Waals surface area (Å²) in [6.07, 6.45) is 6.20. The number of carbonyl (C=O) groups excluding carboxylic acids is 1. The maximum Gasteiger partial charge on any atom is 0.180 e. The number of ketones is 1. The molecule has 0 saturated carbocycles. The standard InChI is InChI=1S/C13H18N2O/c1-2-13(16)12-7-6-11(10-14-12)15-8-4-3-5-9-15/h6-7,10H,2-5,8-9H2,1H3. The Morgan fingerprint density at radius 1 is 1.31 bits per heavy atom. The highest BCUT2D eigenvalue weighted by molar-refractivity contribution is 5.94. The van der Waals surface area contributed by atoms with Crippen LogP contribution in [-0.2, 0) is 0 Å². The van der Waals surface area contributed by atoms with Gasteiger partial charge < -0.3 is 4.90 Å². The number of Topliss-reactive ketones (excluding diaryl/α,β-unsaturated/α-hetero) is 1. The van der Waals surface area contributed by atoms with Gasteiger partial charge in [-0.3, -0.25) is 9.78 Å². The average molecular weight is 218 g/mol. The molecule has 16 heavy (non-hydrogen) atoms. The summed E-state index contributed by atoms with van der Waals surface area (Å²) >= 11 is 0. The van der Waals surface area contributed by atoms with Gasteiger partial charge in [-0.25, -0.2) is 0 Å². The van der Waals surface area contributed by atoms with Gasteiger partial charge in [0.15, 0.2) is 5.78 Å². The van der Waals surface area contributed by atoms with Crippen LogP contribution in [0.25, 0.3) is 0 Å². The number of aromatic nitrogens is 1. The third-order valence-electron chi connectivity index (χ3n) is 3.08. The van der Waals surface area contributed by atoms with Crippen LogP contribution in [0.1, 0.15) is 43.1 Å². The minimum atomic E-state index is 0.116. The van der Waals surface area contributed by atoms with Crippen LogP contribution in [0.5, 0.6) is 0 Å². The van der Waals surface area contributed by atoms with Gasteiger partial charge in [-0.2, -0.15) is 0 Å². The number of nitrogens with zero attached hydrogens (tertiary/aromatic N) is 2. The van der Waals surface area contributed by atoms with Gasteiger partial charge in [0, 0.05) is 19.5 Å². The van der Waals surface area contributed by atoms with E-state index in [1.54, 1.807) is 0 Å². The quantitative estimate of drug-likeness (QED) is 0.731. The SMILES string of the molecule is CCC(=O)c1ccc(N2CCCCC2)cn1. The fraction of sp³-hybridized carbons (Fsp3) is 0.538. The van der Waals surface area contributed by atoms with E-state index in [4.69, 9.17) is 0 Å². The van der Waals surface area contributed by atoms with E-state index in [1.165, 1.54) is 19.3 Å². The first-order valence-corrected chi connectivity index (χ1v) is 6.05. The number of hydrogen-bond acceptors (Lipinski definition) is 3. The number of piperidine rings is 1. The average Bonchev–Trinajstić information content (AvgIpc) is 2.39. The lowest BCUT2D eigenvalue weighted by Crippen LogP contribution is -2.29. The van der Waals surface area contributed by atoms with E-state index in [2.05, 4.69) is 9.88 Å². The monoisotopic (exact) mass is 218 g/mol. The number of pyridine rings is 1. The first kappa shape index (κ1) is 11.1. The van der Waals surface area contributed by atoms with Gasteiger partial charge >= 0.3 is 0 Å². The Morgan fingerprint density at radius 2 is 2.06 bits per heavy atom. The van der Waals surface area contributed by atoms with Crippen molar-refractivity contribution in [3.05, 3.63) is 24.0 Å². The molecule has 0 bridgehead atoms. The highest BCUT2D eigenvalue weighted by atomic mass is 16.1. The lowest BCUT2D eigenvalue weighted by atomic mass is 10.1. The molecule has 0 spiro atoms.